The van der Waals surface area contributed by atoms with Crippen LogP contribution < -0.4 is 5.73 Å². The van der Waals surface area contributed by atoms with E-state index < -0.39 is 0 Å². The van der Waals surface area contributed by atoms with Gasteiger partial charge in [0, 0.05) is 30.8 Å². The predicted molar refractivity (Wildman–Crippen MR) is 137 cm³/mol. The topological polar surface area (TPSA) is 104 Å². The average Bonchev–Trinajstić information content (AvgIpc) is 3.28. The number of ketones is 1. The minimum atomic E-state index is -0.260. The SMILES string of the molecule is CN(C)C1CCN(Cc2ccc(CC(=O)c3[nH]nc4c3C(C)(C)Cc3cnc(N)nc3-4)cc2)CC1. The number of aromatic amines is 1. The molecule has 0 spiro atoms. The van der Waals surface area contributed by atoms with Gasteiger partial charge in [-0.15, -0.1) is 0 Å². The Hall–Kier alpha value is -3.10. The van der Waals surface area contributed by atoms with Gasteiger partial charge in [0.25, 0.3) is 0 Å². The molecular weight excluding hydrogens is 438 g/mol. The molecule has 1 fully saturated rings. The van der Waals surface area contributed by atoms with E-state index in [9.17, 15) is 4.79 Å². The van der Waals surface area contributed by atoms with Crippen LogP contribution in [0.3, 0.4) is 0 Å². The Morgan fingerprint density at radius 3 is 2.51 bits per heavy atom. The lowest BCUT2D eigenvalue weighted by atomic mass is 9.72. The van der Waals surface area contributed by atoms with Gasteiger partial charge < -0.3 is 10.6 Å². The number of fused-ring (bicyclic) bond motifs is 3. The highest BCUT2D eigenvalue weighted by molar-refractivity contribution is 5.99. The van der Waals surface area contributed by atoms with Crippen LogP contribution in [-0.4, -0.2) is 69.0 Å². The maximum absolute atomic E-state index is 13.4. The van der Waals surface area contributed by atoms with Crippen molar-refractivity contribution in [2.24, 2.45) is 0 Å². The smallest absolute Gasteiger partial charge is 0.220 e. The molecule has 0 atom stereocenters. The van der Waals surface area contributed by atoms with Crippen LogP contribution >= 0.6 is 0 Å². The van der Waals surface area contributed by atoms with E-state index >= 15 is 0 Å². The number of rotatable bonds is 6. The minimum Gasteiger partial charge on any atom is -0.368 e. The first kappa shape index (κ1) is 23.6. The molecule has 0 saturated carbocycles. The van der Waals surface area contributed by atoms with E-state index in [0.717, 1.165) is 48.4 Å². The molecule has 0 radical (unpaired) electrons. The van der Waals surface area contributed by atoms with Crippen molar-refractivity contribution in [3.05, 3.63) is 58.4 Å². The molecule has 2 aromatic heterocycles. The van der Waals surface area contributed by atoms with E-state index in [4.69, 9.17) is 5.73 Å². The number of aromatic nitrogens is 4. The highest BCUT2D eigenvalue weighted by Gasteiger charge is 2.38. The molecule has 3 heterocycles. The predicted octanol–water partition coefficient (Wildman–Crippen LogP) is 3.23. The van der Waals surface area contributed by atoms with Crippen molar-refractivity contribution < 1.29 is 4.79 Å². The quantitative estimate of drug-likeness (QED) is 0.530. The highest BCUT2D eigenvalue weighted by Crippen LogP contribution is 2.42. The fourth-order valence-electron chi connectivity index (χ4n) is 5.58. The van der Waals surface area contributed by atoms with Gasteiger partial charge in [0.05, 0.1) is 5.69 Å². The number of carbonyl (C=O) groups is 1. The fourth-order valence-corrected chi connectivity index (χ4v) is 5.58. The number of nitrogens with one attached hydrogen (secondary N) is 1. The third kappa shape index (κ3) is 4.73. The van der Waals surface area contributed by atoms with Gasteiger partial charge in [-0.05, 0) is 68.6 Å². The van der Waals surface area contributed by atoms with Crippen LogP contribution in [0.2, 0.25) is 0 Å². The molecule has 0 bridgehead atoms. The first-order chi connectivity index (χ1) is 16.7. The van der Waals surface area contributed by atoms with Crippen molar-refractivity contribution in [3.63, 3.8) is 0 Å². The van der Waals surface area contributed by atoms with Crippen molar-refractivity contribution in [2.75, 3.05) is 32.9 Å². The first-order valence-electron chi connectivity index (χ1n) is 12.4. The summed E-state index contributed by atoms with van der Waals surface area (Å²) < 4.78 is 0. The van der Waals surface area contributed by atoms with Crippen molar-refractivity contribution in [2.45, 2.75) is 57.5 Å². The molecule has 2 aliphatic rings. The number of hydrogen-bond donors (Lipinski definition) is 2. The average molecular weight is 474 g/mol. The molecule has 1 aromatic carbocycles. The minimum absolute atomic E-state index is 0.0378. The number of Topliss-reactive ketones (excluding diaryl/α,β-unsaturated/α-hetero) is 1. The lowest BCUT2D eigenvalue weighted by Crippen LogP contribution is -2.41. The number of piperidine rings is 1. The summed E-state index contributed by atoms with van der Waals surface area (Å²) >= 11 is 0. The Kier molecular flexibility index (Phi) is 6.19. The number of likely N-dealkylation sites (tertiary alicyclic amines) is 1. The van der Waals surface area contributed by atoms with Crippen LogP contribution in [-0.2, 0) is 24.8 Å². The van der Waals surface area contributed by atoms with E-state index in [-0.39, 0.29) is 17.1 Å². The van der Waals surface area contributed by atoms with Gasteiger partial charge >= 0.3 is 0 Å². The molecule has 5 rings (SSSR count). The van der Waals surface area contributed by atoms with Crippen LogP contribution in [0, 0.1) is 0 Å². The number of hydrogen-bond acceptors (Lipinski definition) is 7. The Bertz CT molecular complexity index is 1220. The van der Waals surface area contributed by atoms with Gasteiger partial charge in [0.15, 0.2) is 5.78 Å². The summed E-state index contributed by atoms with van der Waals surface area (Å²) in [5.41, 5.74) is 11.8. The molecule has 1 aliphatic heterocycles. The van der Waals surface area contributed by atoms with Gasteiger partial charge in [0.2, 0.25) is 5.95 Å². The second-order valence-electron chi connectivity index (χ2n) is 10.9. The van der Waals surface area contributed by atoms with Crippen molar-refractivity contribution in [3.8, 4) is 11.4 Å². The van der Waals surface area contributed by atoms with E-state index in [2.05, 4.69) is 82.2 Å². The molecule has 0 unspecified atom stereocenters. The number of nitrogens with zero attached hydrogens (tertiary/aromatic N) is 5. The molecular formula is C27H35N7O. The summed E-state index contributed by atoms with van der Waals surface area (Å²) in [5, 5.41) is 7.51. The largest absolute Gasteiger partial charge is 0.368 e. The number of nitrogen functional groups attached to an aromatic ring is 1. The summed E-state index contributed by atoms with van der Waals surface area (Å²) in [4.78, 5) is 26.8. The molecule has 3 N–H and O–H groups in total. The summed E-state index contributed by atoms with van der Waals surface area (Å²) in [5.74, 6) is 0.253. The molecule has 3 aromatic rings. The zero-order valence-electron chi connectivity index (χ0n) is 21.1. The van der Waals surface area contributed by atoms with Crippen molar-refractivity contribution in [1.82, 2.24) is 30.0 Å². The Balaban J connectivity index is 1.28. The zero-order valence-corrected chi connectivity index (χ0v) is 21.1. The van der Waals surface area contributed by atoms with E-state index in [1.165, 1.54) is 18.4 Å². The zero-order chi connectivity index (χ0) is 24.7. The molecule has 35 heavy (non-hydrogen) atoms. The summed E-state index contributed by atoms with van der Waals surface area (Å²) in [6.45, 7) is 7.48. The fraction of sp³-hybridized carbons (Fsp3) is 0.481. The summed E-state index contributed by atoms with van der Waals surface area (Å²) in [6, 6.07) is 9.16. The lowest BCUT2D eigenvalue weighted by molar-refractivity contribution is 0.0986. The van der Waals surface area contributed by atoms with Crippen LogP contribution in [0.5, 0.6) is 0 Å². The maximum atomic E-state index is 13.4. The molecule has 8 heteroatoms. The van der Waals surface area contributed by atoms with Crippen molar-refractivity contribution in [1.29, 1.82) is 0 Å². The van der Waals surface area contributed by atoms with Crippen LogP contribution in [0.1, 0.15) is 59.4 Å². The van der Waals surface area contributed by atoms with Crippen LogP contribution in [0.25, 0.3) is 11.4 Å². The monoisotopic (exact) mass is 473 g/mol. The van der Waals surface area contributed by atoms with Crippen molar-refractivity contribution >= 4 is 11.7 Å². The lowest BCUT2D eigenvalue weighted by Gasteiger charge is -2.35. The number of nitrogens with two attached hydrogens (primary N) is 1. The molecule has 1 aliphatic carbocycles. The molecule has 8 nitrogen and oxygen atoms in total. The van der Waals surface area contributed by atoms with Gasteiger partial charge in [0.1, 0.15) is 11.4 Å². The highest BCUT2D eigenvalue weighted by atomic mass is 16.1. The second-order valence-corrected chi connectivity index (χ2v) is 10.9. The van der Waals surface area contributed by atoms with Gasteiger partial charge in [-0.1, -0.05) is 38.1 Å². The van der Waals surface area contributed by atoms with Crippen LogP contribution in [0.4, 0.5) is 5.95 Å². The standard InChI is InChI=1S/C27H35N7O/c1-27(2)14-19-15-29-26(28)30-23(19)25-22(27)24(31-32-25)21(35)13-17-5-7-18(8-6-17)16-34-11-9-20(10-12-34)33(3)4/h5-8,15,20H,9-14,16H2,1-4H3,(H,31,32)(H2,28,29,30). The number of benzene rings is 1. The normalized spacial score (nSPS) is 17.9. The van der Waals surface area contributed by atoms with E-state index in [1.54, 1.807) is 6.20 Å². The van der Waals surface area contributed by atoms with Gasteiger partial charge in [-0.25, -0.2) is 9.97 Å². The second kappa shape index (κ2) is 9.17. The van der Waals surface area contributed by atoms with E-state index in [1.807, 2.05) is 0 Å². The van der Waals surface area contributed by atoms with Gasteiger partial charge in [-0.3, -0.25) is 14.8 Å². The Morgan fingerprint density at radius 2 is 1.83 bits per heavy atom. The molecule has 1 saturated heterocycles. The maximum Gasteiger partial charge on any atom is 0.220 e. The summed E-state index contributed by atoms with van der Waals surface area (Å²) in [7, 11) is 4.34. The Morgan fingerprint density at radius 1 is 1.14 bits per heavy atom. The summed E-state index contributed by atoms with van der Waals surface area (Å²) in [6.07, 6.45) is 5.26. The Labute approximate surface area is 207 Å². The van der Waals surface area contributed by atoms with E-state index in [0.29, 0.717) is 23.9 Å². The first-order valence-corrected chi connectivity index (χ1v) is 12.4. The van der Waals surface area contributed by atoms with Gasteiger partial charge in [-0.2, -0.15) is 5.10 Å². The third-order valence-electron chi connectivity index (χ3n) is 7.54. The number of carbonyl (C=O) groups excluding carboxylic acids is 1. The molecule has 184 valence electrons. The number of H-pyrrole nitrogens is 1. The van der Waals surface area contributed by atoms with Crippen LogP contribution in [0.15, 0.2) is 30.5 Å². The third-order valence-corrected chi connectivity index (χ3v) is 7.54. The molecule has 0 amide bonds. The number of anilines is 1.